The molecule has 13 aromatic rings. The summed E-state index contributed by atoms with van der Waals surface area (Å²) in [4.78, 5) is 0. The van der Waals surface area contributed by atoms with E-state index in [1.165, 1.54) is 71.2 Å². The Morgan fingerprint density at radius 1 is 0.279 bits per heavy atom. The van der Waals surface area contributed by atoms with Gasteiger partial charge in [-0.1, -0.05) is 152 Å². The summed E-state index contributed by atoms with van der Waals surface area (Å²) in [5, 5.41) is 9.62. The first-order chi connectivity index (χ1) is 30.3. The summed E-state index contributed by atoms with van der Waals surface area (Å²) in [5.74, 6) is 0. The summed E-state index contributed by atoms with van der Waals surface area (Å²) in [6.07, 6.45) is 0. The molecule has 61 heavy (non-hydrogen) atoms. The van der Waals surface area contributed by atoms with Gasteiger partial charge in [-0.05, 0) is 105 Å². The highest BCUT2D eigenvalue weighted by Crippen LogP contribution is 2.45. The summed E-state index contributed by atoms with van der Waals surface area (Å²) >= 11 is 0. The SMILES string of the molecule is c1ccc(-n2c3ccccc3c3cc(-c4ccc5c(c4)c4ccccc4n5-c4cc(-c5ccccc5-c5cccc6ccccc56)c5c(c4)oc4ccccc45)ccc32)cc1. The van der Waals surface area contributed by atoms with Gasteiger partial charge in [-0.2, -0.15) is 0 Å². The zero-order valence-electron chi connectivity index (χ0n) is 33.1. The second-order valence-electron chi connectivity index (χ2n) is 16.0. The molecule has 10 aromatic carbocycles. The van der Waals surface area contributed by atoms with Crippen molar-refractivity contribution in [1.29, 1.82) is 0 Å². The largest absolute Gasteiger partial charge is 0.456 e. The van der Waals surface area contributed by atoms with Crippen LogP contribution in [0.3, 0.4) is 0 Å². The quantitative estimate of drug-likeness (QED) is 0.171. The van der Waals surface area contributed by atoms with Crippen molar-refractivity contribution in [3.63, 3.8) is 0 Å². The van der Waals surface area contributed by atoms with Gasteiger partial charge in [0.05, 0.1) is 27.8 Å². The molecule has 0 saturated carbocycles. The number of nitrogens with zero attached hydrogens (tertiary/aromatic N) is 2. The van der Waals surface area contributed by atoms with Crippen LogP contribution in [0.1, 0.15) is 0 Å². The van der Waals surface area contributed by atoms with Crippen LogP contribution in [0.5, 0.6) is 0 Å². The van der Waals surface area contributed by atoms with Crippen molar-refractivity contribution in [2.45, 2.75) is 0 Å². The van der Waals surface area contributed by atoms with Gasteiger partial charge in [0.15, 0.2) is 0 Å². The van der Waals surface area contributed by atoms with Crippen molar-refractivity contribution in [1.82, 2.24) is 9.13 Å². The van der Waals surface area contributed by atoms with Gasteiger partial charge in [0.2, 0.25) is 0 Å². The number of aromatic nitrogens is 2. The molecule has 0 fully saturated rings. The Morgan fingerprint density at radius 3 is 1.49 bits per heavy atom. The van der Waals surface area contributed by atoms with E-state index in [0.717, 1.165) is 49.9 Å². The molecule has 0 radical (unpaired) electrons. The molecular formula is C58H36N2O. The Morgan fingerprint density at radius 2 is 0.787 bits per heavy atom. The van der Waals surface area contributed by atoms with Crippen molar-refractivity contribution in [2.24, 2.45) is 0 Å². The molecule has 0 aliphatic heterocycles. The first kappa shape index (κ1) is 33.8. The lowest BCUT2D eigenvalue weighted by atomic mass is 9.89. The lowest BCUT2D eigenvalue weighted by Gasteiger charge is -2.16. The van der Waals surface area contributed by atoms with Crippen LogP contribution < -0.4 is 0 Å². The molecule has 284 valence electrons. The number of furan rings is 1. The smallest absolute Gasteiger partial charge is 0.138 e. The Kier molecular flexibility index (Phi) is 7.31. The Labute approximate surface area is 351 Å². The third-order valence-electron chi connectivity index (χ3n) is 12.7. The molecule has 0 saturated heterocycles. The van der Waals surface area contributed by atoms with E-state index in [1.54, 1.807) is 0 Å². The number of hydrogen-bond donors (Lipinski definition) is 0. The zero-order chi connectivity index (χ0) is 40.0. The molecule has 0 aliphatic rings. The molecule has 13 rings (SSSR count). The van der Waals surface area contributed by atoms with Crippen LogP contribution in [0, 0.1) is 0 Å². The van der Waals surface area contributed by atoms with Crippen LogP contribution in [0.25, 0.3) is 121 Å². The second kappa shape index (κ2) is 13.2. The maximum atomic E-state index is 6.75. The Balaban J connectivity index is 1.03. The predicted octanol–water partition coefficient (Wildman–Crippen LogP) is 15.9. The molecule has 3 heteroatoms. The minimum Gasteiger partial charge on any atom is -0.456 e. The fraction of sp³-hybridized carbons (Fsp3) is 0. The van der Waals surface area contributed by atoms with Gasteiger partial charge in [0.1, 0.15) is 11.2 Å². The highest BCUT2D eigenvalue weighted by atomic mass is 16.3. The maximum Gasteiger partial charge on any atom is 0.138 e. The van der Waals surface area contributed by atoms with E-state index in [1.807, 2.05) is 0 Å². The lowest BCUT2D eigenvalue weighted by Crippen LogP contribution is -1.96. The second-order valence-corrected chi connectivity index (χ2v) is 16.0. The third-order valence-corrected chi connectivity index (χ3v) is 12.7. The number of para-hydroxylation sites is 4. The molecule has 0 atom stereocenters. The minimum atomic E-state index is 0.868. The fourth-order valence-electron chi connectivity index (χ4n) is 10.0. The van der Waals surface area contributed by atoms with Crippen LogP contribution in [-0.2, 0) is 0 Å². The van der Waals surface area contributed by atoms with Gasteiger partial charge in [-0.25, -0.2) is 0 Å². The summed E-state index contributed by atoms with van der Waals surface area (Å²) in [6, 6.07) is 79.2. The van der Waals surface area contributed by atoms with Crippen molar-refractivity contribution < 1.29 is 4.42 Å². The standard InChI is InChI=1S/C58H36N2O/c1-2-17-40(18-3-1)59-52-26-11-8-22-46(52)49-33-38(29-31-54(49)59)39-30-32-55-50(34-39)47-23-9-12-27-53(47)60(55)41-35-51(58-48-24-10-13-28-56(48)61-57(58)36-41)45-21-7-6-20-44(45)43-25-14-16-37-15-4-5-19-42(37)43/h1-36H. The first-order valence-corrected chi connectivity index (χ1v) is 20.9. The van der Waals surface area contributed by atoms with Crippen molar-refractivity contribution in [2.75, 3.05) is 0 Å². The molecule has 3 heterocycles. The molecule has 3 aromatic heterocycles. The van der Waals surface area contributed by atoms with E-state index in [2.05, 4.69) is 228 Å². The van der Waals surface area contributed by atoms with E-state index >= 15 is 0 Å². The highest BCUT2D eigenvalue weighted by Gasteiger charge is 2.21. The van der Waals surface area contributed by atoms with Crippen LogP contribution >= 0.6 is 0 Å². The number of rotatable bonds is 5. The van der Waals surface area contributed by atoms with Gasteiger partial charge < -0.3 is 13.6 Å². The van der Waals surface area contributed by atoms with E-state index in [4.69, 9.17) is 4.42 Å². The monoisotopic (exact) mass is 776 g/mol. The molecule has 0 bridgehead atoms. The molecular weight excluding hydrogens is 741 g/mol. The predicted molar refractivity (Wildman–Crippen MR) is 256 cm³/mol. The molecule has 0 aliphatic carbocycles. The summed E-state index contributed by atoms with van der Waals surface area (Å²) in [7, 11) is 0. The number of benzene rings is 10. The number of fused-ring (bicyclic) bond motifs is 10. The summed E-state index contributed by atoms with van der Waals surface area (Å²) in [6.45, 7) is 0. The molecule has 0 amide bonds. The van der Waals surface area contributed by atoms with Crippen LogP contribution in [0.15, 0.2) is 223 Å². The van der Waals surface area contributed by atoms with Gasteiger partial charge in [0, 0.05) is 44.1 Å². The van der Waals surface area contributed by atoms with Gasteiger partial charge in [-0.3, -0.25) is 0 Å². The third kappa shape index (κ3) is 5.11. The first-order valence-electron chi connectivity index (χ1n) is 20.9. The van der Waals surface area contributed by atoms with Crippen molar-refractivity contribution >= 4 is 76.3 Å². The van der Waals surface area contributed by atoms with E-state index in [9.17, 15) is 0 Å². The number of hydrogen-bond acceptors (Lipinski definition) is 1. The van der Waals surface area contributed by atoms with E-state index in [0.29, 0.717) is 0 Å². The highest BCUT2D eigenvalue weighted by molar-refractivity contribution is 6.17. The Bertz CT molecular complexity index is 3880. The van der Waals surface area contributed by atoms with Crippen LogP contribution in [-0.4, -0.2) is 9.13 Å². The van der Waals surface area contributed by atoms with Gasteiger partial charge >= 0.3 is 0 Å². The average molecular weight is 777 g/mol. The summed E-state index contributed by atoms with van der Waals surface area (Å²) in [5.41, 5.74) is 15.8. The van der Waals surface area contributed by atoms with Crippen LogP contribution in [0.2, 0.25) is 0 Å². The van der Waals surface area contributed by atoms with Gasteiger partial charge in [0.25, 0.3) is 0 Å². The topological polar surface area (TPSA) is 23.0 Å². The fourth-order valence-corrected chi connectivity index (χ4v) is 10.0. The van der Waals surface area contributed by atoms with Gasteiger partial charge in [-0.15, -0.1) is 0 Å². The van der Waals surface area contributed by atoms with E-state index in [-0.39, 0.29) is 0 Å². The summed E-state index contributed by atoms with van der Waals surface area (Å²) < 4.78 is 11.5. The lowest BCUT2D eigenvalue weighted by molar-refractivity contribution is 0.668. The molecule has 0 unspecified atom stereocenters. The van der Waals surface area contributed by atoms with E-state index < -0.39 is 0 Å². The maximum absolute atomic E-state index is 6.75. The molecule has 0 spiro atoms. The normalized spacial score (nSPS) is 11.9. The minimum absolute atomic E-state index is 0.868. The average Bonchev–Trinajstić information content (AvgIpc) is 3.98. The van der Waals surface area contributed by atoms with Crippen molar-refractivity contribution in [3.05, 3.63) is 218 Å². The van der Waals surface area contributed by atoms with Crippen molar-refractivity contribution in [3.8, 4) is 44.8 Å². The Hall–Kier alpha value is -8.14. The zero-order valence-corrected chi connectivity index (χ0v) is 33.1. The van der Waals surface area contributed by atoms with Crippen LogP contribution in [0.4, 0.5) is 0 Å². The molecule has 3 nitrogen and oxygen atoms in total. The molecule has 0 N–H and O–H groups in total.